The zero-order valence-electron chi connectivity index (χ0n) is 35.7. The molecule has 2 aromatic heterocycles. The molecule has 0 bridgehead atoms. The maximum atomic E-state index is 14.1. The zero-order valence-corrected chi connectivity index (χ0v) is 35.7. The number of amides is 5. The number of nitrogens with one attached hydrogen (secondary N) is 5. The molecule has 16 heteroatoms. The molecule has 7 atom stereocenters. The van der Waals surface area contributed by atoms with Gasteiger partial charge in [0.05, 0.1) is 44.4 Å². The number of likely N-dealkylation sites (tertiary alicyclic amines) is 2. The lowest BCUT2D eigenvalue weighted by Gasteiger charge is -2.32. The summed E-state index contributed by atoms with van der Waals surface area (Å²) in [5, 5.41) is 8.17. The van der Waals surface area contributed by atoms with Crippen LogP contribution in [0.2, 0.25) is 0 Å². The zero-order chi connectivity index (χ0) is 43.1. The number of ether oxygens (including phenoxy) is 2. The van der Waals surface area contributed by atoms with Crippen LogP contribution in [0.25, 0.3) is 11.3 Å². The van der Waals surface area contributed by atoms with Gasteiger partial charge in [-0.25, -0.2) is 19.6 Å². The van der Waals surface area contributed by atoms with Crippen LogP contribution < -0.4 is 16.0 Å². The van der Waals surface area contributed by atoms with E-state index in [4.69, 9.17) is 14.5 Å². The first-order valence-electron chi connectivity index (χ1n) is 20.3. The van der Waals surface area contributed by atoms with Gasteiger partial charge in [0, 0.05) is 18.7 Å². The minimum absolute atomic E-state index is 0.135. The number of carbonyl (C=O) groups excluding carboxylic acids is 5. The van der Waals surface area contributed by atoms with Crippen LogP contribution in [-0.4, -0.2) is 105 Å². The Morgan fingerprint density at radius 1 is 0.678 bits per heavy atom. The number of carbonyl (C=O) groups is 5. The fourth-order valence-electron chi connectivity index (χ4n) is 7.73. The molecule has 3 aromatic rings. The topological polar surface area (TPSA) is 204 Å². The number of nitrogens with zero attached hydrogens (tertiary/aromatic N) is 4. The van der Waals surface area contributed by atoms with Gasteiger partial charge in [-0.1, -0.05) is 73.4 Å². The minimum Gasteiger partial charge on any atom is -0.453 e. The van der Waals surface area contributed by atoms with Gasteiger partial charge in [-0.2, -0.15) is 0 Å². The van der Waals surface area contributed by atoms with Crippen molar-refractivity contribution in [3.8, 4) is 23.1 Å². The molecule has 0 spiro atoms. The summed E-state index contributed by atoms with van der Waals surface area (Å²) in [5.41, 5.74) is 3.09. The third kappa shape index (κ3) is 10.6. The average Bonchev–Trinajstić information content (AvgIpc) is 4.03. The van der Waals surface area contributed by atoms with E-state index < -0.39 is 36.2 Å². The number of hydrogen-bond donors (Lipinski definition) is 5. The number of rotatable bonds is 12. The Morgan fingerprint density at radius 2 is 1.15 bits per heavy atom. The van der Waals surface area contributed by atoms with Gasteiger partial charge in [-0.05, 0) is 66.0 Å². The number of benzene rings is 1. The summed E-state index contributed by atoms with van der Waals surface area (Å²) in [6, 6.07) is 4.75. The van der Waals surface area contributed by atoms with Gasteiger partial charge in [-0.3, -0.25) is 14.4 Å². The Bertz CT molecular complexity index is 2030. The molecule has 2 aliphatic rings. The molecule has 0 aliphatic carbocycles. The molecule has 2 aliphatic heterocycles. The molecular weight excluding hydrogens is 755 g/mol. The van der Waals surface area contributed by atoms with Gasteiger partial charge in [0.15, 0.2) is 0 Å². The van der Waals surface area contributed by atoms with Gasteiger partial charge < -0.3 is 45.2 Å². The molecule has 0 radical (unpaired) electrons. The summed E-state index contributed by atoms with van der Waals surface area (Å²) in [5.74, 6) is 6.70. The highest BCUT2D eigenvalue weighted by Gasteiger charge is 2.42. The second-order valence-corrected chi connectivity index (χ2v) is 16.8. The molecule has 1 aromatic carbocycles. The molecular formula is C43H59N9O7. The maximum absolute atomic E-state index is 14.1. The number of imidazole rings is 2. The number of H-pyrrole nitrogens is 2. The summed E-state index contributed by atoms with van der Waals surface area (Å²) in [7, 11) is 2.51. The van der Waals surface area contributed by atoms with Crippen LogP contribution >= 0.6 is 0 Å². The fraction of sp³-hybridized carbons (Fsp3) is 0.558. The summed E-state index contributed by atoms with van der Waals surface area (Å²) >= 11 is 0. The standard InChI is InChI=1S/C43H59N9O7/c1-23(2)34(49-42(56)58-9)39(53)48-35(24(3)4)40(54)52-22-27(8)18-33(52)38-45-20-31(47-38)29-14-11-28(12-15-29)13-16-30-19-44-37(46-30)32-17-26(7)21-51(32)41(55)36(25(5)6)50-43(57)59-10/h11-12,14-15,19-20,23-27,32-36H,17-18,21-22H2,1-10H3,(H,44,46)(H,45,47)(H,48,53)(H,49,56)(H,50,57)/t26-,27-,32-,33-,34-,35-,36-/m0/s1. The number of alkyl carbamates (subject to hydrolysis) is 2. The first-order chi connectivity index (χ1) is 28.0. The quantitative estimate of drug-likeness (QED) is 0.157. The van der Waals surface area contributed by atoms with Crippen molar-refractivity contribution in [2.24, 2.45) is 29.6 Å². The third-order valence-electron chi connectivity index (χ3n) is 11.0. The molecule has 0 saturated carbocycles. The van der Waals surface area contributed by atoms with Crippen molar-refractivity contribution in [1.29, 1.82) is 0 Å². The highest BCUT2D eigenvalue weighted by Crippen LogP contribution is 2.37. The van der Waals surface area contributed by atoms with E-state index in [1.54, 1.807) is 22.2 Å². The summed E-state index contributed by atoms with van der Waals surface area (Å²) in [6.07, 6.45) is 3.50. The summed E-state index contributed by atoms with van der Waals surface area (Å²) in [6.45, 7) is 16.4. The van der Waals surface area contributed by atoms with E-state index in [0.29, 0.717) is 36.9 Å². The lowest BCUT2D eigenvalue weighted by molar-refractivity contribution is -0.139. The Balaban J connectivity index is 1.26. The lowest BCUT2D eigenvalue weighted by atomic mass is 9.99. The van der Waals surface area contributed by atoms with Crippen molar-refractivity contribution in [2.75, 3.05) is 27.3 Å². The Kier molecular flexibility index (Phi) is 14.5. The van der Waals surface area contributed by atoms with E-state index in [0.717, 1.165) is 23.2 Å². The van der Waals surface area contributed by atoms with Gasteiger partial charge in [-0.15, -0.1) is 0 Å². The van der Waals surface area contributed by atoms with Crippen LogP contribution in [-0.2, 0) is 23.9 Å². The van der Waals surface area contributed by atoms with Crippen molar-refractivity contribution >= 4 is 29.9 Å². The smallest absolute Gasteiger partial charge is 0.407 e. The lowest BCUT2D eigenvalue weighted by Crippen LogP contribution is -2.57. The maximum Gasteiger partial charge on any atom is 0.407 e. The Morgan fingerprint density at radius 3 is 1.66 bits per heavy atom. The SMILES string of the molecule is COC(=O)N[C@H](C(=O)N[C@H](C(=O)N1C[C@@H](C)C[C@H]1c1ncc(-c2ccc(C#Cc3cnc([C@@H]4C[C@H](C)CN4C(=O)[C@@H](NC(=O)OC)C(C)C)[nH]3)cc2)[nH]1)C(C)C)C(C)C. The van der Waals surface area contributed by atoms with Crippen LogP contribution in [0.1, 0.15) is 103 Å². The number of aromatic nitrogens is 4. The summed E-state index contributed by atoms with van der Waals surface area (Å²) < 4.78 is 9.46. The molecule has 5 amide bonds. The van der Waals surface area contributed by atoms with Crippen molar-refractivity contribution < 1.29 is 33.4 Å². The third-order valence-corrected chi connectivity index (χ3v) is 11.0. The van der Waals surface area contributed by atoms with Crippen molar-refractivity contribution in [3.05, 3.63) is 59.6 Å². The monoisotopic (exact) mass is 813 g/mol. The average molecular weight is 814 g/mol. The van der Waals surface area contributed by atoms with E-state index >= 15 is 0 Å². The fourth-order valence-corrected chi connectivity index (χ4v) is 7.73. The van der Waals surface area contributed by atoms with Gasteiger partial charge in [0.25, 0.3) is 0 Å². The Labute approximate surface area is 346 Å². The van der Waals surface area contributed by atoms with Crippen LogP contribution in [0, 0.1) is 41.4 Å². The minimum atomic E-state index is -0.869. The number of aromatic amines is 2. The predicted molar refractivity (Wildman–Crippen MR) is 220 cm³/mol. The van der Waals surface area contributed by atoms with Gasteiger partial charge in [0.2, 0.25) is 17.7 Å². The molecule has 5 N–H and O–H groups in total. The second kappa shape index (κ2) is 19.3. The Hall–Kier alpha value is -5.85. The first kappa shape index (κ1) is 44.3. The van der Waals surface area contributed by atoms with E-state index in [-0.39, 0.29) is 53.5 Å². The van der Waals surface area contributed by atoms with Crippen LogP contribution in [0.15, 0.2) is 36.7 Å². The molecule has 5 rings (SSSR count). The van der Waals surface area contributed by atoms with Gasteiger partial charge in [0.1, 0.15) is 35.5 Å². The number of methoxy groups -OCH3 is 2. The normalized spacial score (nSPS) is 20.5. The predicted octanol–water partition coefficient (Wildman–Crippen LogP) is 4.92. The van der Waals surface area contributed by atoms with Gasteiger partial charge >= 0.3 is 12.2 Å². The van der Waals surface area contributed by atoms with Crippen LogP contribution in [0.4, 0.5) is 9.59 Å². The van der Waals surface area contributed by atoms with Crippen molar-refractivity contribution in [1.82, 2.24) is 45.7 Å². The van der Waals surface area contributed by atoms with E-state index in [1.165, 1.54) is 14.2 Å². The van der Waals surface area contributed by atoms with E-state index in [2.05, 4.69) is 56.6 Å². The summed E-state index contributed by atoms with van der Waals surface area (Å²) in [4.78, 5) is 84.6. The van der Waals surface area contributed by atoms with Crippen LogP contribution in [0.3, 0.4) is 0 Å². The van der Waals surface area contributed by atoms with E-state index in [9.17, 15) is 24.0 Å². The molecule has 0 unspecified atom stereocenters. The first-order valence-corrected chi connectivity index (χ1v) is 20.3. The molecule has 59 heavy (non-hydrogen) atoms. The molecule has 2 fully saturated rings. The van der Waals surface area contributed by atoms with Crippen molar-refractivity contribution in [3.63, 3.8) is 0 Å². The molecule has 2 saturated heterocycles. The second-order valence-electron chi connectivity index (χ2n) is 16.8. The van der Waals surface area contributed by atoms with E-state index in [1.807, 2.05) is 65.8 Å². The highest BCUT2D eigenvalue weighted by molar-refractivity contribution is 5.92. The highest BCUT2D eigenvalue weighted by atomic mass is 16.5. The molecule has 318 valence electrons. The van der Waals surface area contributed by atoms with Crippen molar-refractivity contribution in [2.45, 2.75) is 98.4 Å². The largest absolute Gasteiger partial charge is 0.453 e. The number of hydrogen-bond acceptors (Lipinski definition) is 9. The molecule has 4 heterocycles. The molecule has 16 nitrogen and oxygen atoms in total. The van der Waals surface area contributed by atoms with Crippen LogP contribution in [0.5, 0.6) is 0 Å².